The van der Waals surface area contributed by atoms with Gasteiger partial charge in [0.25, 0.3) is 0 Å². The Hall–Kier alpha value is -2.14. The van der Waals surface area contributed by atoms with Gasteiger partial charge in [-0.1, -0.05) is 36.8 Å². The number of nitrogens with one attached hydrogen (secondary N) is 1. The maximum atomic E-state index is 6.14. The van der Waals surface area contributed by atoms with Crippen molar-refractivity contribution in [1.82, 2.24) is 15.3 Å². The van der Waals surface area contributed by atoms with Gasteiger partial charge in [0.15, 0.2) is 0 Å². The summed E-state index contributed by atoms with van der Waals surface area (Å²) in [5.41, 5.74) is 9.95. The van der Waals surface area contributed by atoms with Crippen molar-refractivity contribution in [2.24, 2.45) is 0 Å². The first-order chi connectivity index (χ1) is 12.3. The standard InChI is InChI=1S/C20H27N5/c1-22-15-11-12-25(13-15)19-17-10-6-5-9-16(14-7-3-2-4-8-14)18(17)23-20(21)24-19/h2-4,7-8,15-16,22H,5-6,9-13H2,1H3,(H2,21,23,24)/t15-,16?/m1/s1. The van der Waals surface area contributed by atoms with E-state index in [1.165, 1.54) is 24.0 Å². The highest BCUT2D eigenvalue weighted by atomic mass is 15.2. The van der Waals surface area contributed by atoms with Crippen molar-refractivity contribution in [3.8, 4) is 0 Å². The average molecular weight is 337 g/mol. The molecule has 0 amide bonds. The molecule has 0 spiro atoms. The lowest BCUT2D eigenvalue weighted by molar-refractivity contribution is 0.616. The third kappa shape index (κ3) is 3.21. The Morgan fingerprint density at radius 2 is 1.96 bits per heavy atom. The molecule has 0 radical (unpaired) electrons. The van der Waals surface area contributed by atoms with Crippen molar-refractivity contribution in [3.63, 3.8) is 0 Å². The Bertz CT molecular complexity index is 730. The number of benzene rings is 1. The molecule has 0 saturated carbocycles. The summed E-state index contributed by atoms with van der Waals surface area (Å²) in [6.45, 7) is 2.03. The van der Waals surface area contributed by atoms with Gasteiger partial charge >= 0.3 is 0 Å². The second kappa shape index (κ2) is 7.00. The lowest BCUT2D eigenvalue weighted by atomic mass is 9.90. The summed E-state index contributed by atoms with van der Waals surface area (Å²) in [5, 5.41) is 3.39. The summed E-state index contributed by atoms with van der Waals surface area (Å²) in [6, 6.07) is 11.3. The molecular formula is C20H27N5. The largest absolute Gasteiger partial charge is 0.368 e. The highest BCUT2D eigenvalue weighted by Gasteiger charge is 2.30. The number of nitrogen functional groups attached to an aromatic ring is 1. The van der Waals surface area contributed by atoms with Gasteiger partial charge in [0.05, 0.1) is 5.69 Å². The second-order valence-corrected chi connectivity index (χ2v) is 7.20. The van der Waals surface area contributed by atoms with E-state index in [9.17, 15) is 0 Å². The van der Waals surface area contributed by atoms with Crippen molar-refractivity contribution in [3.05, 3.63) is 47.2 Å². The zero-order valence-corrected chi connectivity index (χ0v) is 14.9. The molecule has 2 heterocycles. The van der Waals surface area contributed by atoms with Crippen LogP contribution in [0.15, 0.2) is 30.3 Å². The summed E-state index contributed by atoms with van der Waals surface area (Å²) < 4.78 is 0. The lowest BCUT2D eigenvalue weighted by Crippen LogP contribution is -2.31. The molecule has 0 bridgehead atoms. The fourth-order valence-electron chi connectivity index (χ4n) is 4.28. The average Bonchev–Trinajstić information content (AvgIpc) is 3.02. The van der Waals surface area contributed by atoms with E-state index in [1.807, 2.05) is 7.05 Å². The number of fused-ring (bicyclic) bond motifs is 1. The third-order valence-corrected chi connectivity index (χ3v) is 5.63. The summed E-state index contributed by atoms with van der Waals surface area (Å²) in [4.78, 5) is 11.8. The maximum absolute atomic E-state index is 6.14. The number of hydrogen-bond donors (Lipinski definition) is 2. The number of likely N-dealkylation sites (N-methyl/N-ethyl adjacent to an activating group) is 1. The van der Waals surface area contributed by atoms with Crippen LogP contribution in [0.25, 0.3) is 0 Å². The van der Waals surface area contributed by atoms with Crippen molar-refractivity contribution >= 4 is 11.8 Å². The molecule has 1 aliphatic carbocycles. The van der Waals surface area contributed by atoms with E-state index in [2.05, 4.69) is 45.5 Å². The first-order valence-electron chi connectivity index (χ1n) is 9.39. The van der Waals surface area contributed by atoms with E-state index in [0.717, 1.165) is 43.9 Å². The second-order valence-electron chi connectivity index (χ2n) is 7.20. The number of hydrogen-bond acceptors (Lipinski definition) is 5. The summed E-state index contributed by atoms with van der Waals surface area (Å²) in [6.07, 6.45) is 5.74. The van der Waals surface area contributed by atoms with Gasteiger partial charge < -0.3 is 16.0 Å². The van der Waals surface area contributed by atoms with E-state index in [-0.39, 0.29) is 0 Å². The van der Waals surface area contributed by atoms with Gasteiger partial charge in [-0.15, -0.1) is 0 Å². The molecule has 4 rings (SSSR count). The van der Waals surface area contributed by atoms with E-state index in [1.54, 1.807) is 0 Å². The maximum Gasteiger partial charge on any atom is 0.222 e. The Morgan fingerprint density at radius 3 is 2.72 bits per heavy atom. The monoisotopic (exact) mass is 337 g/mol. The van der Waals surface area contributed by atoms with Crippen LogP contribution in [0, 0.1) is 0 Å². The van der Waals surface area contributed by atoms with Crippen LogP contribution < -0.4 is 16.0 Å². The van der Waals surface area contributed by atoms with Crippen molar-refractivity contribution < 1.29 is 0 Å². The van der Waals surface area contributed by atoms with Crippen LogP contribution in [0.5, 0.6) is 0 Å². The zero-order chi connectivity index (χ0) is 17.2. The van der Waals surface area contributed by atoms with Gasteiger partial charge in [0.2, 0.25) is 5.95 Å². The predicted octanol–water partition coefficient (Wildman–Crippen LogP) is 2.72. The molecule has 2 aromatic rings. The molecule has 3 N–H and O–H groups in total. The van der Waals surface area contributed by atoms with Gasteiger partial charge in [-0.25, -0.2) is 4.98 Å². The Labute approximate surface area is 149 Å². The SMILES string of the molecule is CN[C@@H]1CCN(c2nc(N)nc3c2CCCCC3c2ccccc2)C1. The van der Waals surface area contributed by atoms with E-state index in [0.29, 0.717) is 17.9 Å². The highest BCUT2D eigenvalue weighted by molar-refractivity contribution is 5.55. The minimum Gasteiger partial charge on any atom is -0.368 e. The summed E-state index contributed by atoms with van der Waals surface area (Å²) in [7, 11) is 2.04. The molecular weight excluding hydrogens is 310 g/mol. The third-order valence-electron chi connectivity index (χ3n) is 5.63. The molecule has 2 atom stereocenters. The molecule has 5 nitrogen and oxygen atoms in total. The van der Waals surface area contributed by atoms with Gasteiger partial charge in [-0.05, 0) is 38.3 Å². The number of rotatable bonds is 3. The molecule has 1 fully saturated rings. The van der Waals surface area contributed by atoms with Crippen LogP contribution in [0.1, 0.15) is 48.4 Å². The van der Waals surface area contributed by atoms with Crippen LogP contribution in [0.4, 0.5) is 11.8 Å². The number of nitrogens with zero attached hydrogens (tertiary/aromatic N) is 3. The zero-order valence-electron chi connectivity index (χ0n) is 14.9. The molecule has 132 valence electrons. The van der Waals surface area contributed by atoms with Crippen molar-refractivity contribution in [1.29, 1.82) is 0 Å². The van der Waals surface area contributed by atoms with Crippen LogP contribution in [-0.2, 0) is 6.42 Å². The lowest BCUT2D eigenvalue weighted by Gasteiger charge is -2.24. The Balaban J connectivity index is 1.77. The van der Waals surface area contributed by atoms with Crippen molar-refractivity contribution in [2.75, 3.05) is 30.8 Å². The molecule has 1 saturated heterocycles. The van der Waals surface area contributed by atoms with E-state index in [4.69, 9.17) is 10.7 Å². The first-order valence-corrected chi connectivity index (χ1v) is 9.39. The fraction of sp³-hybridized carbons (Fsp3) is 0.500. The first kappa shape index (κ1) is 16.3. The topological polar surface area (TPSA) is 67.1 Å². The van der Waals surface area contributed by atoms with Crippen LogP contribution in [0.2, 0.25) is 0 Å². The molecule has 1 aromatic carbocycles. The normalized spacial score (nSPS) is 23.3. The number of anilines is 2. The van der Waals surface area contributed by atoms with E-state index < -0.39 is 0 Å². The van der Waals surface area contributed by atoms with Gasteiger partial charge in [0.1, 0.15) is 5.82 Å². The Morgan fingerprint density at radius 1 is 1.12 bits per heavy atom. The molecule has 5 heteroatoms. The quantitative estimate of drug-likeness (QED) is 0.843. The summed E-state index contributed by atoms with van der Waals surface area (Å²) in [5.74, 6) is 1.80. The van der Waals surface area contributed by atoms with E-state index >= 15 is 0 Å². The van der Waals surface area contributed by atoms with Crippen LogP contribution in [-0.4, -0.2) is 36.1 Å². The highest BCUT2D eigenvalue weighted by Crippen LogP contribution is 2.38. The molecule has 25 heavy (non-hydrogen) atoms. The minimum absolute atomic E-state index is 0.324. The van der Waals surface area contributed by atoms with Crippen molar-refractivity contribution in [2.45, 2.75) is 44.1 Å². The molecule has 2 aliphatic rings. The number of nitrogens with two attached hydrogens (primary N) is 1. The van der Waals surface area contributed by atoms with Crippen LogP contribution in [0.3, 0.4) is 0 Å². The van der Waals surface area contributed by atoms with Gasteiger partial charge in [-0.2, -0.15) is 4.98 Å². The molecule has 1 aromatic heterocycles. The van der Waals surface area contributed by atoms with Gasteiger partial charge in [-0.3, -0.25) is 0 Å². The summed E-state index contributed by atoms with van der Waals surface area (Å²) >= 11 is 0. The minimum atomic E-state index is 0.324. The van der Waals surface area contributed by atoms with Gasteiger partial charge in [0, 0.05) is 30.6 Å². The Kier molecular flexibility index (Phi) is 4.57. The molecule has 1 aliphatic heterocycles. The van der Waals surface area contributed by atoms with Crippen LogP contribution >= 0.6 is 0 Å². The predicted molar refractivity (Wildman–Crippen MR) is 102 cm³/mol. The number of aromatic nitrogens is 2. The smallest absolute Gasteiger partial charge is 0.222 e. The molecule has 1 unspecified atom stereocenters. The fourth-order valence-corrected chi connectivity index (χ4v) is 4.28.